The molecule has 1 amide bonds. The van der Waals surface area contributed by atoms with Gasteiger partial charge in [0.1, 0.15) is 5.41 Å². The molecule has 1 saturated heterocycles. The van der Waals surface area contributed by atoms with Gasteiger partial charge in [-0.15, -0.1) is 0 Å². The van der Waals surface area contributed by atoms with Crippen LogP contribution in [0.2, 0.25) is 0 Å². The van der Waals surface area contributed by atoms with Crippen LogP contribution in [0.3, 0.4) is 0 Å². The van der Waals surface area contributed by atoms with Gasteiger partial charge in [-0.3, -0.25) is 4.79 Å². The lowest BCUT2D eigenvalue weighted by molar-refractivity contribution is -0.142. The first kappa shape index (κ1) is 13.3. The number of piperazine rings is 1. The van der Waals surface area contributed by atoms with E-state index in [0.29, 0.717) is 12.8 Å². The lowest BCUT2D eigenvalue weighted by Gasteiger charge is -2.40. The van der Waals surface area contributed by atoms with E-state index in [-0.39, 0.29) is 11.9 Å². The van der Waals surface area contributed by atoms with E-state index in [1.165, 1.54) is 0 Å². The second-order valence-corrected chi connectivity index (χ2v) is 5.65. The summed E-state index contributed by atoms with van der Waals surface area (Å²) in [5.41, 5.74) is 5.09. The molecule has 0 radical (unpaired) electrons. The molecule has 0 aromatic carbocycles. The summed E-state index contributed by atoms with van der Waals surface area (Å²) in [4.78, 5) is 16.6. The summed E-state index contributed by atoms with van der Waals surface area (Å²) in [5.74, 6) is 0.00764. The van der Waals surface area contributed by atoms with Gasteiger partial charge in [0.2, 0.25) is 5.91 Å². The summed E-state index contributed by atoms with van der Waals surface area (Å²) in [6, 6.07) is 2.27. The molecule has 0 aromatic heterocycles. The molecule has 5 nitrogen and oxygen atoms in total. The van der Waals surface area contributed by atoms with Crippen molar-refractivity contribution in [1.82, 2.24) is 9.80 Å². The van der Waals surface area contributed by atoms with Gasteiger partial charge in [0, 0.05) is 32.2 Å². The zero-order chi connectivity index (χ0) is 13.2. The first-order valence-corrected chi connectivity index (χ1v) is 6.72. The van der Waals surface area contributed by atoms with Gasteiger partial charge in [-0.2, -0.15) is 5.26 Å². The number of hydrogen-bond acceptors (Lipinski definition) is 4. The number of carbonyl (C=O) groups is 1. The normalized spacial score (nSPS) is 34.1. The molecule has 1 heterocycles. The maximum atomic E-state index is 12.6. The van der Waals surface area contributed by atoms with E-state index in [1.807, 2.05) is 4.90 Å². The summed E-state index contributed by atoms with van der Waals surface area (Å²) in [7, 11) is 2.05. The fourth-order valence-electron chi connectivity index (χ4n) is 2.97. The maximum Gasteiger partial charge on any atom is 0.243 e. The quantitative estimate of drug-likeness (QED) is 0.720. The predicted octanol–water partition coefficient (Wildman–Crippen LogP) is 0.172. The Morgan fingerprint density at radius 3 is 2.61 bits per heavy atom. The molecular formula is C13H22N4O. The molecule has 1 aliphatic carbocycles. The van der Waals surface area contributed by atoms with Crippen LogP contribution in [0.1, 0.15) is 25.7 Å². The molecule has 2 N–H and O–H groups in total. The summed E-state index contributed by atoms with van der Waals surface area (Å²) >= 11 is 0. The summed E-state index contributed by atoms with van der Waals surface area (Å²) in [6.07, 6.45) is 3.00. The summed E-state index contributed by atoms with van der Waals surface area (Å²) in [6.45, 7) is 3.24. The van der Waals surface area contributed by atoms with Crippen molar-refractivity contribution in [2.24, 2.45) is 11.1 Å². The van der Waals surface area contributed by atoms with Crippen molar-refractivity contribution in [3.05, 3.63) is 0 Å². The highest BCUT2D eigenvalue weighted by Gasteiger charge is 2.44. The summed E-state index contributed by atoms with van der Waals surface area (Å²) < 4.78 is 0. The molecule has 2 unspecified atom stereocenters. The number of amides is 1. The van der Waals surface area contributed by atoms with Crippen LogP contribution < -0.4 is 5.73 Å². The minimum atomic E-state index is -0.854. The standard InChI is InChI=1S/C13H22N4O/c1-16-5-7-17(8-6-16)12(18)13(10-14)4-2-3-11(15)9-13/h11H,2-9,15H2,1H3. The minimum absolute atomic E-state index is 0.00480. The Labute approximate surface area is 109 Å². The topological polar surface area (TPSA) is 73.4 Å². The van der Waals surface area contributed by atoms with E-state index >= 15 is 0 Å². The van der Waals surface area contributed by atoms with Crippen LogP contribution in [0.15, 0.2) is 0 Å². The molecule has 2 atom stereocenters. The maximum absolute atomic E-state index is 12.6. The number of nitriles is 1. The lowest BCUT2D eigenvalue weighted by atomic mass is 9.72. The number of hydrogen-bond donors (Lipinski definition) is 1. The largest absolute Gasteiger partial charge is 0.339 e. The molecule has 100 valence electrons. The van der Waals surface area contributed by atoms with E-state index in [1.54, 1.807) is 0 Å². The fourth-order valence-corrected chi connectivity index (χ4v) is 2.97. The molecule has 18 heavy (non-hydrogen) atoms. The Morgan fingerprint density at radius 2 is 2.06 bits per heavy atom. The van der Waals surface area contributed by atoms with Gasteiger partial charge in [0.15, 0.2) is 0 Å². The van der Waals surface area contributed by atoms with E-state index in [0.717, 1.165) is 39.0 Å². The highest BCUT2D eigenvalue weighted by atomic mass is 16.2. The van der Waals surface area contributed by atoms with Crippen LogP contribution in [0.5, 0.6) is 0 Å². The van der Waals surface area contributed by atoms with Crippen molar-refractivity contribution in [1.29, 1.82) is 5.26 Å². The Kier molecular flexibility index (Phi) is 3.88. The summed E-state index contributed by atoms with van der Waals surface area (Å²) in [5, 5.41) is 9.45. The zero-order valence-electron chi connectivity index (χ0n) is 11.1. The number of carbonyl (C=O) groups excluding carboxylic acids is 1. The number of likely N-dealkylation sites (N-methyl/N-ethyl adjacent to an activating group) is 1. The van der Waals surface area contributed by atoms with Gasteiger partial charge in [-0.05, 0) is 32.7 Å². The average molecular weight is 250 g/mol. The molecule has 1 aliphatic heterocycles. The first-order valence-electron chi connectivity index (χ1n) is 6.72. The first-order chi connectivity index (χ1) is 8.57. The average Bonchev–Trinajstić information content (AvgIpc) is 2.38. The zero-order valence-corrected chi connectivity index (χ0v) is 11.1. The van der Waals surface area contributed by atoms with Gasteiger partial charge in [0.05, 0.1) is 6.07 Å². The van der Waals surface area contributed by atoms with Crippen molar-refractivity contribution in [3.8, 4) is 6.07 Å². The van der Waals surface area contributed by atoms with Gasteiger partial charge >= 0.3 is 0 Å². The predicted molar refractivity (Wildman–Crippen MR) is 68.6 cm³/mol. The van der Waals surface area contributed by atoms with Crippen LogP contribution in [0, 0.1) is 16.7 Å². The SMILES string of the molecule is CN1CCN(C(=O)C2(C#N)CCCC(N)C2)CC1. The third kappa shape index (κ3) is 2.50. The molecule has 0 spiro atoms. The molecular weight excluding hydrogens is 228 g/mol. The Hall–Kier alpha value is -1.12. The van der Waals surface area contributed by atoms with E-state index in [2.05, 4.69) is 18.0 Å². The fraction of sp³-hybridized carbons (Fsp3) is 0.846. The molecule has 2 fully saturated rings. The smallest absolute Gasteiger partial charge is 0.243 e. The second-order valence-electron chi connectivity index (χ2n) is 5.65. The Bertz CT molecular complexity index is 356. The lowest BCUT2D eigenvalue weighted by Crippen LogP contribution is -2.54. The number of rotatable bonds is 1. The van der Waals surface area contributed by atoms with Crippen LogP contribution in [-0.4, -0.2) is 55.0 Å². The van der Waals surface area contributed by atoms with E-state index < -0.39 is 5.41 Å². The molecule has 0 bridgehead atoms. The van der Waals surface area contributed by atoms with Crippen molar-refractivity contribution in [2.75, 3.05) is 33.2 Å². The Morgan fingerprint density at radius 1 is 1.39 bits per heavy atom. The van der Waals surface area contributed by atoms with Gasteiger partial charge in [-0.1, -0.05) is 0 Å². The number of nitrogens with zero attached hydrogens (tertiary/aromatic N) is 3. The van der Waals surface area contributed by atoms with Gasteiger partial charge in [-0.25, -0.2) is 0 Å². The number of nitrogens with two attached hydrogens (primary N) is 1. The van der Waals surface area contributed by atoms with Crippen molar-refractivity contribution < 1.29 is 4.79 Å². The molecule has 2 rings (SSSR count). The van der Waals surface area contributed by atoms with Gasteiger partial charge < -0.3 is 15.5 Å². The third-order valence-corrected chi connectivity index (χ3v) is 4.20. The third-order valence-electron chi connectivity index (χ3n) is 4.20. The van der Waals surface area contributed by atoms with Crippen LogP contribution in [0.25, 0.3) is 0 Å². The van der Waals surface area contributed by atoms with Gasteiger partial charge in [0.25, 0.3) is 0 Å². The highest BCUT2D eigenvalue weighted by molar-refractivity contribution is 5.85. The van der Waals surface area contributed by atoms with Crippen molar-refractivity contribution in [2.45, 2.75) is 31.7 Å². The van der Waals surface area contributed by atoms with Crippen LogP contribution >= 0.6 is 0 Å². The second kappa shape index (κ2) is 5.25. The van der Waals surface area contributed by atoms with E-state index in [4.69, 9.17) is 5.73 Å². The molecule has 5 heteroatoms. The molecule has 0 aromatic rings. The molecule has 2 aliphatic rings. The van der Waals surface area contributed by atoms with Crippen molar-refractivity contribution >= 4 is 5.91 Å². The van der Waals surface area contributed by atoms with Crippen molar-refractivity contribution in [3.63, 3.8) is 0 Å². The van der Waals surface area contributed by atoms with Crippen LogP contribution in [0.4, 0.5) is 0 Å². The monoisotopic (exact) mass is 250 g/mol. The Balaban J connectivity index is 2.08. The van der Waals surface area contributed by atoms with Crippen LogP contribution in [-0.2, 0) is 4.79 Å². The highest BCUT2D eigenvalue weighted by Crippen LogP contribution is 2.37. The van der Waals surface area contributed by atoms with E-state index in [9.17, 15) is 10.1 Å². The molecule has 1 saturated carbocycles. The minimum Gasteiger partial charge on any atom is -0.339 e.